The summed E-state index contributed by atoms with van der Waals surface area (Å²) in [7, 11) is 0. The summed E-state index contributed by atoms with van der Waals surface area (Å²) in [5, 5.41) is 2.93. The SMILES string of the molecule is O=C(CN1Cc2ccccc2C1=O)NCCC1=CCCCC1. The van der Waals surface area contributed by atoms with Crippen LogP contribution >= 0.6 is 0 Å². The summed E-state index contributed by atoms with van der Waals surface area (Å²) in [5.74, 6) is -0.113. The third-order valence-corrected chi connectivity index (χ3v) is 4.38. The number of carbonyl (C=O) groups is 2. The van der Waals surface area contributed by atoms with Gasteiger partial charge in [-0.05, 0) is 43.7 Å². The Hall–Kier alpha value is -2.10. The van der Waals surface area contributed by atoms with E-state index in [-0.39, 0.29) is 18.4 Å². The van der Waals surface area contributed by atoms with Crippen LogP contribution in [0.2, 0.25) is 0 Å². The monoisotopic (exact) mass is 298 g/mol. The fraction of sp³-hybridized carbons (Fsp3) is 0.444. The fourth-order valence-electron chi connectivity index (χ4n) is 3.17. The molecule has 116 valence electrons. The van der Waals surface area contributed by atoms with Gasteiger partial charge in [0.25, 0.3) is 5.91 Å². The van der Waals surface area contributed by atoms with E-state index in [0.29, 0.717) is 13.1 Å². The molecule has 0 spiro atoms. The van der Waals surface area contributed by atoms with Gasteiger partial charge in [-0.15, -0.1) is 0 Å². The van der Waals surface area contributed by atoms with E-state index >= 15 is 0 Å². The second kappa shape index (κ2) is 6.77. The van der Waals surface area contributed by atoms with Crippen molar-refractivity contribution < 1.29 is 9.59 Å². The third-order valence-electron chi connectivity index (χ3n) is 4.38. The minimum atomic E-state index is -0.0717. The number of nitrogens with zero attached hydrogens (tertiary/aromatic N) is 1. The van der Waals surface area contributed by atoms with Crippen molar-refractivity contribution in [2.45, 2.75) is 38.6 Å². The molecule has 1 heterocycles. The number of amides is 2. The van der Waals surface area contributed by atoms with E-state index in [1.54, 1.807) is 4.90 Å². The van der Waals surface area contributed by atoms with Gasteiger partial charge in [-0.1, -0.05) is 29.8 Å². The molecule has 1 aromatic carbocycles. The first-order valence-electron chi connectivity index (χ1n) is 8.06. The standard InChI is InChI=1S/C18H22N2O2/c21-17(19-11-10-14-6-2-1-3-7-14)13-20-12-15-8-4-5-9-16(15)18(20)22/h4-6,8-9H,1-3,7,10-13H2,(H,19,21). The maximum Gasteiger partial charge on any atom is 0.254 e. The van der Waals surface area contributed by atoms with Crippen LogP contribution in [0.4, 0.5) is 0 Å². The van der Waals surface area contributed by atoms with Crippen LogP contribution in [0.1, 0.15) is 48.0 Å². The summed E-state index contributed by atoms with van der Waals surface area (Å²) in [6, 6.07) is 7.55. The van der Waals surface area contributed by atoms with Crippen molar-refractivity contribution in [3.63, 3.8) is 0 Å². The molecule has 0 saturated heterocycles. The summed E-state index contributed by atoms with van der Waals surface area (Å²) < 4.78 is 0. The van der Waals surface area contributed by atoms with Crippen LogP contribution in [0.15, 0.2) is 35.9 Å². The van der Waals surface area contributed by atoms with Crippen molar-refractivity contribution in [1.29, 1.82) is 0 Å². The topological polar surface area (TPSA) is 49.4 Å². The molecular weight excluding hydrogens is 276 g/mol. The summed E-state index contributed by atoms with van der Waals surface area (Å²) in [6.07, 6.45) is 8.11. The first kappa shape index (κ1) is 14.8. The predicted octanol–water partition coefficient (Wildman–Crippen LogP) is 2.65. The van der Waals surface area contributed by atoms with E-state index in [1.165, 1.54) is 24.8 Å². The van der Waals surface area contributed by atoms with Crippen LogP contribution in [0.5, 0.6) is 0 Å². The summed E-state index contributed by atoms with van der Waals surface area (Å²) in [5.41, 5.74) is 3.19. The van der Waals surface area contributed by atoms with E-state index in [0.717, 1.165) is 24.0 Å². The zero-order chi connectivity index (χ0) is 15.4. The Morgan fingerprint density at radius 1 is 1.23 bits per heavy atom. The Morgan fingerprint density at radius 3 is 2.86 bits per heavy atom. The van der Waals surface area contributed by atoms with Gasteiger partial charge < -0.3 is 10.2 Å². The number of benzene rings is 1. The second-order valence-electron chi connectivity index (χ2n) is 6.03. The van der Waals surface area contributed by atoms with Crippen LogP contribution in [-0.4, -0.2) is 29.8 Å². The zero-order valence-electron chi connectivity index (χ0n) is 12.8. The summed E-state index contributed by atoms with van der Waals surface area (Å²) in [6.45, 7) is 1.35. The lowest BCUT2D eigenvalue weighted by atomic mass is 9.97. The Kier molecular flexibility index (Phi) is 4.56. The lowest BCUT2D eigenvalue weighted by Gasteiger charge is -2.16. The molecule has 22 heavy (non-hydrogen) atoms. The molecular formula is C18H22N2O2. The number of rotatable bonds is 5. The number of hydrogen-bond acceptors (Lipinski definition) is 2. The van der Waals surface area contributed by atoms with Crippen molar-refractivity contribution in [3.8, 4) is 0 Å². The quantitative estimate of drug-likeness (QED) is 0.850. The smallest absolute Gasteiger partial charge is 0.254 e. The van der Waals surface area contributed by atoms with E-state index in [2.05, 4.69) is 11.4 Å². The van der Waals surface area contributed by atoms with E-state index < -0.39 is 0 Å². The Balaban J connectivity index is 1.45. The molecule has 1 aliphatic heterocycles. The zero-order valence-corrected chi connectivity index (χ0v) is 12.8. The lowest BCUT2D eigenvalue weighted by molar-refractivity contribution is -0.121. The minimum Gasteiger partial charge on any atom is -0.354 e. The van der Waals surface area contributed by atoms with Crippen LogP contribution in [0, 0.1) is 0 Å². The van der Waals surface area contributed by atoms with Crippen molar-refractivity contribution in [2.75, 3.05) is 13.1 Å². The molecule has 0 fully saturated rings. The third kappa shape index (κ3) is 3.38. The summed E-state index contributed by atoms with van der Waals surface area (Å²) >= 11 is 0. The first-order valence-corrected chi connectivity index (χ1v) is 8.06. The average Bonchev–Trinajstić information content (AvgIpc) is 2.85. The highest BCUT2D eigenvalue weighted by Gasteiger charge is 2.27. The molecule has 0 atom stereocenters. The number of fused-ring (bicyclic) bond motifs is 1. The van der Waals surface area contributed by atoms with Crippen LogP contribution in [0.3, 0.4) is 0 Å². The molecule has 2 aliphatic rings. The van der Waals surface area contributed by atoms with E-state index in [9.17, 15) is 9.59 Å². The van der Waals surface area contributed by atoms with Gasteiger partial charge in [0, 0.05) is 18.7 Å². The van der Waals surface area contributed by atoms with Crippen molar-refractivity contribution >= 4 is 11.8 Å². The van der Waals surface area contributed by atoms with Gasteiger partial charge in [-0.2, -0.15) is 0 Å². The highest BCUT2D eigenvalue weighted by atomic mass is 16.2. The van der Waals surface area contributed by atoms with Crippen molar-refractivity contribution in [2.24, 2.45) is 0 Å². The molecule has 4 heteroatoms. The molecule has 0 unspecified atom stereocenters. The van der Waals surface area contributed by atoms with Gasteiger partial charge in [0.15, 0.2) is 0 Å². The molecule has 0 aromatic heterocycles. The van der Waals surface area contributed by atoms with E-state index in [4.69, 9.17) is 0 Å². The number of allylic oxidation sites excluding steroid dienone is 1. The number of carbonyl (C=O) groups excluding carboxylic acids is 2. The minimum absolute atomic E-state index is 0.0410. The number of nitrogens with one attached hydrogen (secondary N) is 1. The molecule has 1 aliphatic carbocycles. The first-order chi connectivity index (χ1) is 10.7. The maximum absolute atomic E-state index is 12.2. The lowest BCUT2D eigenvalue weighted by Crippen LogP contribution is -2.37. The van der Waals surface area contributed by atoms with Gasteiger partial charge in [-0.3, -0.25) is 9.59 Å². The molecule has 4 nitrogen and oxygen atoms in total. The molecule has 2 amide bonds. The van der Waals surface area contributed by atoms with Crippen LogP contribution in [0.25, 0.3) is 0 Å². The molecule has 0 radical (unpaired) electrons. The molecule has 1 aromatic rings. The Bertz CT molecular complexity index is 607. The molecule has 0 bridgehead atoms. The van der Waals surface area contributed by atoms with Crippen molar-refractivity contribution in [1.82, 2.24) is 10.2 Å². The highest BCUT2D eigenvalue weighted by molar-refractivity contribution is 6.00. The second-order valence-corrected chi connectivity index (χ2v) is 6.03. The molecule has 0 saturated carbocycles. The Morgan fingerprint density at radius 2 is 2.09 bits per heavy atom. The van der Waals surface area contributed by atoms with Gasteiger partial charge in [0.1, 0.15) is 6.54 Å². The molecule has 3 rings (SSSR count). The fourth-order valence-corrected chi connectivity index (χ4v) is 3.17. The Labute approximate surface area is 131 Å². The van der Waals surface area contributed by atoms with Gasteiger partial charge in [0.05, 0.1) is 0 Å². The van der Waals surface area contributed by atoms with Crippen LogP contribution < -0.4 is 5.32 Å². The maximum atomic E-state index is 12.2. The normalized spacial score (nSPS) is 17.2. The van der Waals surface area contributed by atoms with Gasteiger partial charge in [-0.25, -0.2) is 0 Å². The summed E-state index contributed by atoms with van der Waals surface area (Å²) in [4.78, 5) is 25.8. The predicted molar refractivity (Wildman–Crippen MR) is 85.4 cm³/mol. The average molecular weight is 298 g/mol. The van der Waals surface area contributed by atoms with Gasteiger partial charge in [0.2, 0.25) is 5.91 Å². The van der Waals surface area contributed by atoms with Gasteiger partial charge >= 0.3 is 0 Å². The van der Waals surface area contributed by atoms with Crippen molar-refractivity contribution in [3.05, 3.63) is 47.0 Å². The molecule has 1 N–H and O–H groups in total. The largest absolute Gasteiger partial charge is 0.354 e. The van der Waals surface area contributed by atoms with Crippen LogP contribution in [-0.2, 0) is 11.3 Å². The number of hydrogen-bond donors (Lipinski definition) is 1. The van der Waals surface area contributed by atoms with E-state index in [1.807, 2.05) is 24.3 Å². The highest BCUT2D eigenvalue weighted by Crippen LogP contribution is 2.22.